The summed E-state index contributed by atoms with van der Waals surface area (Å²) in [7, 11) is 1.56. The zero-order valence-electron chi connectivity index (χ0n) is 13.0. The number of benzene rings is 1. The van der Waals surface area contributed by atoms with Gasteiger partial charge in [0, 0.05) is 6.54 Å². The van der Waals surface area contributed by atoms with Crippen LogP contribution in [-0.2, 0) is 20.9 Å². The number of amides is 2. The molecule has 1 unspecified atom stereocenters. The summed E-state index contributed by atoms with van der Waals surface area (Å²) in [6, 6.07) is 4.99. The fourth-order valence-corrected chi connectivity index (χ4v) is 1.69. The van der Waals surface area contributed by atoms with E-state index in [2.05, 4.69) is 10.6 Å². The van der Waals surface area contributed by atoms with Gasteiger partial charge in [0.15, 0.2) is 0 Å². The number of rotatable bonds is 8. The number of hydrogen-bond acceptors (Lipinski definition) is 5. The van der Waals surface area contributed by atoms with Crippen molar-refractivity contribution >= 4 is 17.8 Å². The van der Waals surface area contributed by atoms with Gasteiger partial charge in [-0.15, -0.1) is 0 Å². The first-order valence-corrected chi connectivity index (χ1v) is 7.02. The van der Waals surface area contributed by atoms with Crippen LogP contribution in [0, 0.1) is 0 Å². The molecule has 1 aromatic rings. The molecule has 8 nitrogen and oxygen atoms in total. The molecule has 0 fully saturated rings. The van der Waals surface area contributed by atoms with E-state index in [4.69, 9.17) is 15.6 Å². The van der Waals surface area contributed by atoms with Crippen LogP contribution in [0.4, 0.5) is 0 Å². The molecule has 8 heteroatoms. The molecule has 0 aromatic heterocycles. The van der Waals surface area contributed by atoms with E-state index >= 15 is 0 Å². The average Bonchev–Trinajstić information content (AvgIpc) is 2.53. The lowest BCUT2D eigenvalue weighted by Gasteiger charge is -2.14. The number of hydrogen-bond donors (Lipinski definition) is 4. The molecule has 0 saturated heterocycles. The lowest BCUT2D eigenvalue weighted by atomic mass is 10.1. The maximum Gasteiger partial charge on any atom is 0.325 e. The summed E-state index contributed by atoms with van der Waals surface area (Å²) in [5, 5.41) is 13.6. The predicted octanol–water partition coefficient (Wildman–Crippen LogP) is -0.382. The molecule has 0 aliphatic heterocycles. The summed E-state index contributed by atoms with van der Waals surface area (Å²) in [5.41, 5.74) is 6.46. The summed E-state index contributed by atoms with van der Waals surface area (Å²) in [6.45, 7) is 1.61. The summed E-state index contributed by atoms with van der Waals surface area (Å²) < 4.78 is 5.03. The standard InChI is InChI=1S/C15H21N3O5/c1-9(15(21)22)18-14(20)12(16)7-13(19)17-8-10-3-5-11(23-2)6-4-10/h3-6,9,12H,7-8,16H2,1-2H3,(H,17,19)(H,18,20)(H,21,22)/t9?,12-/m1/s1. The van der Waals surface area contributed by atoms with Crippen LogP contribution >= 0.6 is 0 Å². The number of ether oxygens (including phenoxy) is 1. The molecule has 23 heavy (non-hydrogen) atoms. The van der Waals surface area contributed by atoms with Crippen molar-refractivity contribution in [1.82, 2.24) is 10.6 Å². The first-order valence-electron chi connectivity index (χ1n) is 7.02. The van der Waals surface area contributed by atoms with Crippen LogP contribution in [0.1, 0.15) is 18.9 Å². The van der Waals surface area contributed by atoms with Crippen LogP contribution in [0.5, 0.6) is 5.75 Å². The molecule has 0 spiro atoms. The lowest BCUT2D eigenvalue weighted by Crippen LogP contribution is -2.48. The smallest absolute Gasteiger partial charge is 0.325 e. The van der Waals surface area contributed by atoms with E-state index in [0.29, 0.717) is 12.3 Å². The van der Waals surface area contributed by atoms with Gasteiger partial charge in [0.1, 0.15) is 11.8 Å². The third-order valence-electron chi connectivity index (χ3n) is 3.12. The summed E-state index contributed by atoms with van der Waals surface area (Å²) in [5.74, 6) is -1.54. The Hall–Kier alpha value is -2.61. The molecule has 0 aliphatic carbocycles. The zero-order valence-corrected chi connectivity index (χ0v) is 13.0. The maximum absolute atomic E-state index is 11.8. The minimum absolute atomic E-state index is 0.228. The van der Waals surface area contributed by atoms with Gasteiger partial charge in [-0.3, -0.25) is 14.4 Å². The van der Waals surface area contributed by atoms with Crippen molar-refractivity contribution in [3.05, 3.63) is 29.8 Å². The minimum atomic E-state index is -1.17. The highest BCUT2D eigenvalue weighted by Gasteiger charge is 2.21. The van der Waals surface area contributed by atoms with E-state index in [1.165, 1.54) is 6.92 Å². The monoisotopic (exact) mass is 323 g/mol. The zero-order chi connectivity index (χ0) is 17.4. The van der Waals surface area contributed by atoms with E-state index in [1.54, 1.807) is 31.4 Å². The number of aliphatic carboxylic acids is 1. The maximum atomic E-state index is 11.8. The molecular weight excluding hydrogens is 302 g/mol. The van der Waals surface area contributed by atoms with Gasteiger partial charge in [-0.2, -0.15) is 0 Å². The van der Waals surface area contributed by atoms with Crippen molar-refractivity contribution in [2.45, 2.75) is 32.0 Å². The van der Waals surface area contributed by atoms with Crippen molar-refractivity contribution in [2.75, 3.05) is 7.11 Å². The van der Waals surface area contributed by atoms with Gasteiger partial charge in [-0.25, -0.2) is 0 Å². The Labute approximate surface area is 134 Å². The Morgan fingerprint density at radius 2 is 1.87 bits per heavy atom. The van der Waals surface area contributed by atoms with Gasteiger partial charge in [-0.05, 0) is 24.6 Å². The molecule has 0 saturated carbocycles. The third kappa shape index (κ3) is 6.35. The quantitative estimate of drug-likeness (QED) is 0.516. The SMILES string of the molecule is COc1ccc(CNC(=O)C[C@@H](N)C(=O)NC(C)C(=O)O)cc1. The molecule has 2 atom stereocenters. The number of nitrogens with one attached hydrogen (secondary N) is 2. The van der Waals surface area contributed by atoms with E-state index in [9.17, 15) is 14.4 Å². The Bertz CT molecular complexity index is 559. The van der Waals surface area contributed by atoms with Crippen molar-refractivity contribution in [1.29, 1.82) is 0 Å². The minimum Gasteiger partial charge on any atom is -0.497 e. The third-order valence-corrected chi connectivity index (χ3v) is 3.12. The van der Waals surface area contributed by atoms with Gasteiger partial charge >= 0.3 is 5.97 Å². The normalized spacial score (nSPS) is 12.8. The lowest BCUT2D eigenvalue weighted by molar-refractivity contribution is -0.141. The van der Waals surface area contributed by atoms with Crippen LogP contribution in [0.2, 0.25) is 0 Å². The number of carboxylic acids is 1. The molecule has 126 valence electrons. The first-order chi connectivity index (χ1) is 10.8. The van der Waals surface area contributed by atoms with Crippen molar-refractivity contribution in [3.8, 4) is 5.75 Å². The second-order valence-electron chi connectivity index (χ2n) is 5.00. The Kier molecular flexibility index (Phi) is 7.01. The fraction of sp³-hybridized carbons (Fsp3) is 0.400. The van der Waals surface area contributed by atoms with E-state index in [1.807, 2.05) is 0 Å². The van der Waals surface area contributed by atoms with Crippen LogP contribution in [0.15, 0.2) is 24.3 Å². The molecule has 0 aliphatic rings. The highest BCUT2D eigenvalue weighted by molar-refractivity contribution is 5.90. The molecule has 1 aromatic carbocycles. The largest absolute Gasteiger partial charge is 0.497 e. The summed E-state index contributed by atoms with van der Waals surface area (Å²) >= 11 is 0. The van der Waals surface area contributed by atoms with Crippen LogP contribution < -0.4 is 21.1 Å². The highest BCUT2D eigenvalue weighted by Crippen LogP contribution is 2.10. The Morgan fingerprint density at radius 3 is 2.39 bits per heavy atom. The Balaban J connectivity index is 2.39. The van der Waals surface area contributed by atoms with Crippen molar-refractivity contribution in [3.63, 3.8) is 0 Å². The number of carbonyl (C=O) groups is 3. The van der Waals surface area contributed by atoms with Crippen LogP contribution in [-0.4, -0.2) is 42.1 Å². The second kappa shape index (κ2) is 8.74. The van der Waals surface area contributed by atoms with E-state index in [0.717, 1.165) is 5.56 Å². The molecule has 1 rings (SSSR count). The first kappa shape index (κ1) is 18.4. The van der Waals surface area contributed by atoms with Gasteiger partial charge in [-0.1, -0.05) is 12.1 Å². The topological polar surface area (TPSA) is 131 Å². The number of methoxy groups -OCH3 is 1. The average molecular weight is 323 g/mol. The number of carboxylic acid groups (broad SMARTS) is 1. The van der Waals surface area contributed by atoms with Crippen molar-refractivity contribution in [2.24, 2.45) is 5.73 Å². The summed E-state index contributed by atoms with van der Waals surface area (Å²) in [4.78, 5) is 34.0. The molecule has 0 bridgehead atoms. The second-order valence-corrected chi connectivity index (χ2v) is 5.00. The van der Waals surface area contributed by atoms with Crippen LogP contribution in [0.25, 0.3) is 0 Å². The number of nitrogens with two attached hydrogens (primary N) is 1. The molecule has 0 radical (unpaired) electrons. The predicted molar refractivity (Wildman–Crippen MR) is 82.7 cm³/mol. The van der Waals surface area contributed by atoms with E-state index < -0.39 is 29.9 Å². The molecule has 5 N–H and O–H groups in total. The van der Waals surface area contributed by atoms with Gasteiger partial charge in [0.2, 0.25) is 11.8 Å². The Morgan fingerprint density at radius 1 is 1.26 bits per heavy atom. The fourth-order valence-electron chi connectivity index (χ4n) is 1.69. The van der Waals surface area contributed by atoms with Crippen molar-refractivity contribution < 1.29 is 24.2 Å². The van der Waals surface area contributed by atoms with E-state index in [-0.39, 0.29) is 6.42 Å². The van der Waals surface area contributed by atoms with Gasteiger partial charge < -0.3 is 26.2 Å². The van der Waals surface area contributed by atoms with Gasteiger partial charge in [0.25, 0.3) is 0 Å². The molecular formula is C15H21N3O5. The number of carbonyl (C=O) groups excluding carboxylic acids is 2. The van der Waals surface area contributed by atoms with Gasteiger partial charge in [0.05, 0.1) is 19.6 Å². The molecule has 0 heterocycles. The van der Waals surface area contributed by atoms with Crippen LogP contribution in [0.3, 0.4) is 0 Å². The summed E-state index contributed by atoms with van der Waals surface area (Å²) in [6.07, 6.45) is -0.228. The molecule has 2 amide bonds. The highest BCUT2D eigenvalue weighted by atomic mass is 16.5.